The summed E-state index contributed by atoms with van der Waals surface area (Å²) in [7, 11) is 0. The van der Waals surface area contributed by atoms with E-state index in [1.165, 1.54) is 12.3 Å². The van der Waals surface area contributed by atoms with Crippen LogP contribution in [0.1, 0.15) is 48.7 Å². The number of fused-ring (bicyclic) bond motifs is 1. The summed E-state index contributed by atoms with van der Waals surface area (Å²) in [5.74, 6) is -0.774. The van der Waals surface area contributed by atoms with Crippen molar-refractivity contribution in [2.75, 3.05) is 18.0 Å². The van der Waals surface area contributed by atoms with Crippen LogP contribution in [-0.4, -0.2) is 44.9 Å². The second-order valence-electron chi connectivity index (χ2n) is 8.18. The van der Waals surface area contributed by atoms with Crippen LogP contribution >= 0.6 is 0 Å². The van der Waals surface area contributed by atoms with Gasteiger partial charge in [0.05, 0.1) is 22.6 Å². The molecule has 158 valence electrons. The van der Waals surface area contributed by atoms with Crippen LogP contribution in [0.25, 0.3) is 11.0 Å². The molecule has 0 aliphatic carbocycles. The third-order valence-corrected chi connectivity index (χ3v) is 5.18. The molecule has 0 unspecified atom stereocenters. The van der Waals surface area contributed by atoms with Gasteiger partial charge in [-0.05, 0) is 51.0 Å². The largest absolute Gasteiger partial charge is 0.389 e. The van der Waals surface area contributed by atoms with Crippen LogP contribution < -0.4 is 10.2 Å². The Kier molecular flexibility index (Phi) is 5.15. The molecule has 9 heteroatoms. The van der Waals surface area contributed by atoms with Gasteiger partial charge in [-0.3, -0.25) is 9.89 Å². The predicted molar refractivity (Wildman–Crippen MR) is 108 cm³/mol. The fourth-order valence-electron chi connectivity index (χ4n) is 3.75. The van der Waals surface area contributed by atoms with E-state index >= 15 is 0 Å². The average molecular weight is 415 g/mol. The second-order valence-corrected chi connectivity index (χ2v) is 8.18. The van der Waals surface area contributed by atoms with Gasteiger partial charge in [-0.2, -0.15) is 5.10 Å². The van der Waals surface area contributed by atoms with Crippen molar-refractivity contribution >= 4 is 22.8 Å². The second kappa shape index (κ2) is 7.64. The summed E-state index contributed by atoms with van der Waals surface area (Å²) in [5.41, 5.74) is 0.0679. The van der Waals surface area contributed by atoms with Crippen LogP contribution in [0.2, 0.25) is 0 Å². The zero-order chi connectivity index (χ0) is 21.5. The Bertz CT molecular complexity index is 1090. The lowest BCUT2D eigenvalue weighted by molar-refractivity contribution is 0.0694. The fraction of sp³-hybridized carbons (Fsp3) is 0.381. The van der Waals surface area contributed by atoms with Crippen LogP contribution in [0, 0.1) is 11.6 Å². The molecule has 4 rings (SSSR count). The topological polar surface area (TPSA) is 94.1 Å². The monoisotopic (exact) mass is 415 g/mol. The molecule has 0 saturated carbocycles. The van der Waals surface area contributed by atoms with E-state index in [0.717, 1.165) is 18.6 Å². The number of carbonyl (C=O) groups excluding carboxylic acids is 1. The molecule has 7 nitrogen and oxygen atoms in total. The predicted octanol–water partition coefficient (Wildman–Crippen LogP) is 3.08. The highest BCUT2D eigenvalue weighted by Crippen LogP contribution is 2.39. The Hall–Kier alpha value is -3.07. The lowest BCUT2D eigenvalue weighted by atomic mass is 10.0. The lowest BCUT2D eigenvalue weighted by Crippen LogP contribution is -2.38. The van der Waals surface area contributed by atoms with Crippen LogP contribution in [0.4, 0.5) is 14.6 Å². The number of hydrogen-bond acceptors (Lipinski definition) is 5. The van der Waals surface area contributed by atoms with E-state index in [2.05, 4.69) is 20.5 Å². The van der Waals surface area contributed by atoms with Crippen molar-refractivity contribution in [3.8, 4) is 0 Å². The Morgan fingerprint density at radius 1 is 1.37 bits per heavy atom. The molecule has 1 aliphatic rings. The number of anilines is 1. The molecule has 1 saturated heterocycles. The van der Waals surface area contributed by atoms with Crippen LogP contribution in [-0.2, 0) is 0 Å². The summed E-state index contributed by atoms with van der Waals surface area (Å²) < 4.78 is 28.1. The van der Waals surface area contributed by atoms with Gasteiger partial charge in [-0.1, -0.05) is 0 Å². The molecule has 1 atom stereocenters. The fourth-order valence-corrected chi connectivity index (χ4v) is 3.75. The molecule has 1 fully saturated rings. The maximum Gasteiger partial charge on any atom is 0.252 e. The van der Waals surface area contributed by atoms with Crippen molar-refractivity contribution < 1.29 is 18.7 Å². The minimum atomic E-state index is -1.04. The highest BCUT2D eigenvalue weighted by atomic mass is 19.1. The Morgan fingerprint density at radius 3 is 2.93 bits per heavy atom. The van der Waals surface area contributed by atoms with Gasteiger partial charge >= 0.3 is 0 Å². The minimum Gasteiger partial charge on any atom is -0.389 e. The van der Waals surface area contributed by atoms with Gasteiger partial charge in [0.25, 0.3) is 5.91 Å². The molecule has 3 aromatic rings. The molecule has 0 radical (unpaired) electrons. The summed E-state index contributed by atoms with van der Waals surface area (Å²) in [5, 5.41) is 20.3. The highest BCUT2D eigenvalue weighted by Gasteiger charge is 2.31. The van der Waals surface area contributed by atoms with Gasteiger partial charge in [0.1, 0.15) is 11.6 Å². The first-order valence-electron chi connectivity index (χ1n) is 9.79. The summed E-state index contributed by atoms with van der Waals surface area (Å²) in [6.45, 7) is 3.91. The van der Waals surface area contributed by atoms with Gasteiger partial charge < -0.3 is 15.3 Å². The molecular weight excluding hydrogens is 392 g/mol. The summed E-state index contributed by atoms with van der Waals surface area (Å²) in [4.78, 5) is 18.6. The zero-order valence-corrected chi connectivity index (χ0v) is 16.7. The number of aromatic nitrogens is 3. The van der Waals surface area contributed by atoms with Gasteiger partial charge in [-0.15, -0.1) is 0 Å². The van der Waals surface area contributed by atoms with E-state index in [9.17, 15) is 18.7 Å². The van der Waals surface area contributed by atoms with E-state index in [1.54, 1.807) is 19.9 Å². The normalized spacial score (nSPS) is 17.0. The van der Waals surface area contributed by atoms with E-state index in [1.807, 2.05) is 4.90 Å². The number of nitrogens with one attached hydrogen (secondary N) is 2. The lowest BCUT2D eigenvalue weighted by Gasteiger charge is -2.25. The molecular formula is C21H23F2N5O2. The maximum atomic E-state index is 14.4. The van der Waals surface area contributed by atoms with Crippen molar-refractivity contribution in [1.29, 1.82) is 0 Å². The number of nitrogens with zero attached hydrogens (tertiary/aromatic N) is 3. The van der Waals surface area contributed by atoms with Crippen molar-refractivity contribution in [1.82, 2.24) is 20.5 Å². The number of aliphatic hydroxyl groups is 1. The van der Waals surface area contributed by atoms with Crippen molar-refractivity contribution in [3.05, 3.63) is 53.2 Å². The number of halogens is 2. The number of pyridine rings is 1. The highest BCUT2D eigenvalue weighted by molar-refractivity contribution is 5.99. The van der Waals surface area contributed by atoms with E-state index in [0.29, 0.717) is 35.4 Å². The number of H-pyrrole nitrogens is 1. The quantitative estimate of drug-likeness (QED) is 0.595. The third-order valence-electron chi connectivity index (χ3n) is 5.18. The van der Waals surface area contributed by atoms with Gasteiger partial charge in [0.15, 0.2) is 11.5 Å². The molecule has 1 aromatic carbocycles. The summed E-state index contributed by atoms with van der Waals surface area (Å²) in [6.07, 6.45) is 2.89. The molecule has 30 heavy (non-hydrogen) atoms. The Morgan fingerprint density at radius 2 is 2.17 bits per heavy atom. The van der Waals surface area contributed by atoms with Crippen molar-refractivity contribution in [2.24, 2.45) is 0 Å². The molecule has 3 heterocycles. The first kappa shape index (κ1) is 20.2. The van der Waals surface area contributed by atoms with E-state index < -0.39 is 17.2 Å². The Balaban J connectivity index is 1.67. The van der Waals surface area contributed by atoms with Crippen molar-refractivity contribution in [3.63, 3.8) is 0 Å². The van der Waals surface area contributed by atoms with Crippen LogP contribution in [0.3, 0.4) is 0 Å². The molecule has 3 N–H and O–H groups in total. The van der Waals surface area contributed by atoms with Crippen LogP contribution in [0.15, 0.2) is 30.5 Å². The van der Waals surface area contributed by atoms with Gasteiger partial charge in [0, 0.05) is 24.8 Å². The first-order chi connectivity index (χ1) is 14.2. The number of amides is 1. The number of aromatic amines is 1. The number of carbonyl (C=O) groups is 1. The molecule has 2 aromatic heterocycles. The minimum absolute atomic E-state index is 0.0924. The molecule has 1 amide bonds. The maximum absolute atomic E-state index is 14.4. The van der Waals surface area contributed by atoms with E-state index in [-0.39, 0.29) is 24.1 Å². The van der Waals surface area contributed by atoms with Crippen molar-refractivity contribution in [2.45, 2.75) is 38.3 Å². The number of benzene rings is 1. The van der Waals surface area contributed by atoms with E-state index in [4.69, 9.17) is 0 Å². The molecule has 1 aliphatic heterocycles. The van der Waals surface area contributed by atoms with Gasteiger partial charge in [0.2, 0.25) is 0 Å². The zero-order valence-electron chi connectivity index (χ0n) is 16.7. The summed E-state index contributed by atoms with van der Waals surface area (Å²) in [6, 6.07) is 4.76. The Labute approximate surface area is 172 Å². The standard InChI is InChI=1S/C21H23F2N5O2/c1-21(2,30)11-25-20(29)12-8-15-18(24-10-12)26-27-19(15)28-7-3-4-17(28)14-9-13(22)5-6-16(14)23/h5-6,8-10,17,30H,3-4,7,11H2,1-2H3,(H,25,29)(H,24,26,27)/t17-/m1/s1. The first-order valence-corrected chi connectivity index (χ1v) is 9.79. The molecule has 0 spiro atoms. The average Bonchev–Trinajstić information content (AvgIpc) is 3.33. The SMILES string of the molecule is CC(C)(O)CNC(=O)c1cnc2[nH]nc(N3CCC[C@@H]3c3cc(F)ccc3F)c2c1. The smallest absolute Gasteiger partial charge is 0.252 e. The molecule has 0 bridgehead atoms. The van der Waals surface area contributed by atoms with Gasteiger partial charge in [-0.25, -0.2) is 13.8 Å². The number of hydrogen-bond donors (Lipinski definition) is 3. The third kappa shape index (κ3) is 3.97. The summed E-state index contributed by atoms with van der Waals surface area (Å²) >= 11 is 0. The number of rotatable bonds is 5. The van der Waals surface area contributed by atoms with Crippen LogP contribution in [0.5, 0.6) is 0 Å².